The molecule has 1 amide bonds. The molecule has 0 atom stereocenters. The molecule has 0 bridgehead atoms. The molecule has 0 spiro atoms. The van der Waals surface area contributed by atoms with Crippen molar-refractivity contribution in [2.24, 2.45) is 5.41 Å². The van der Waals surface area contributed by atoms with Crippen molar-refractivity contribution in [2.75, 3.05) is 6.26 Å². The number of carboxylic acids is 1. The highest BCUT2D eigenvalue weighted by Gasteiger charge is 2.56. The van der Waals surface area contributed by atoms with Gasteiger partial charge >= 0.3 is 5.97 Å². The van der Waals surface area contributed by atoms with E-state index in [0.717, 1.165) is 11.3 Å². The molecule has 0 unspecified atom stereocenters. The van der Waals surface area contributed by atoms with Gasteiger partial charge in [-0.25, -0.2) is 0 Å². The lowest BCUT2D eigenvalue weighted by molar-refractivity contribution is -0.149. The first-order chi connectivity index (χ1) is 9.08. The third kappa shape index (κ3) is 3.10. The molecule has 0 saturated heterocycles. The van der Waals surface area contributed by atoms with E-state index in [4.69, 9.17) is 5.11 Å². The van der Waals surface area contributed by atoms with Crippen LogP contribution in [0.5, 0.6) is 0 Å². The quantitative estimate of drug-likeness (QED) is 0.782. The molecule has 0 radical (unpaired) electrons. The predicted octanol–water partition coefficient (Wildman–Crippen LogP) is 2.03. The van der Waals surface area contributed by atoms with Gasteiger partial charge in [0.05, 0.1) is 0 Å². The maximum Gasteiger partial charge on any atom is 0.319 e. The van der Waals surface area contributed by atoms with Crippen LogP contribution < -0.4 is 5.32 Å². The van der Waals surface area contributed by atoms with E-state index >= 15 is 0 Å². The highest BCUT2D eigenvalue weighted by molar-refractivity contribution is 7.97. The normalized spacial score (nSPS) is 15.8. The summed E-state index contributed by atoms with van der Waals surface area (Å²) in [4.78, 5) is 22.9. The molecule has 102 valence electrons. The SMILES string of the molecule is CSCc1cccc(CNC(=O)C2(C(=O)O)CC2)c1. The van der Waals surface area contributed by atoms with Crippen LogP contribution in [0.4, 0.5) is 0 Å². The van der Waals surface area contributed by atoms with Crippen LogP contribution in [0.15, 0.2) is 24.3 Å². The molecule has 2 N–H and O–H groups in total. The number of rotatable bonds is 6. The number of carbonyl (C=O) groups excluding carboxylic acids is 1. The number of benzene rings is 1. The Balaban J connectivity index is 1.94. The molecular formula is C14H17NO3S. The molecule has 0 heterocycles. The van der Waals surface area contributed by atoms with E-state index in [0.29, 0.717) is 19.4 Å². The van der Waals surface area contributed by atoms with Crippen molar-refractivity contribution in [3.05, 3.63) is 35.4 Å². The van der Waals surface area contributed by atoms with Gasteiger partial charge in [-0.1, -0.05) is 24.3 Å². The molecule has 5 heteroatoms. The van der Waals surface area contributed by atoms with Crippen LogP contribution in [0.3, 0.4) is 0 Å². The molecule has 0 aliphatic heterocycles. The lowest BCUT2D eigenvalue weighted by atomic mass is 10.1. The van der Waals surface area contributed by atoms with Gasteiger partial charge in [-0.15, -0.1) is 0 Å². The maximum absolute atomic E-state index is 11.9. The molecule has 2 rings (SSSR count). The summed E-state index contributed by atoms with van der Waals surface area (Å²) < 4.78 is 0. The predicted molar refractivity (Wildman–Crippen MR) is 74.8 cm³/mol. The fraction of sp³-hybridized carbons (Fsp3) is 0.429. The van der Waals surface area contributed by atoms with Crippen LogP contribution in [-0.2, 0) is 21.9 Å². The standard InChI is InChI=1S/C14H17NO3S/c1-19-9-11-4-2-3-10(7-11)8-15-12(16)14(5-6-14)13(17)18/h2-4,7H,5-6,8-9H2,1H3,(H,15,16)(H,17,18). The summed E-state index contributed by atoms with van der Waals surface area (Å²) in [5.41, 5.74) is 1.05. The number of carbonyl (C=O) groups is 2. The van der Waals surface area contributed by atoms with Crippen LogP contribution in [0.1, 0.15) is 24.0 Å². The first-order valence-electron chi connectivity index (χ1n) is 6.17. The zero-order valence-corrected chi connectivity index (χ0v) is 11.6. The number of amides is 1. The van der Waals surface area contributed by atoms with Gasteiger partial charge in [-0.3, -0.25) is 9.59 Å². The fourth-order valence-corrected chi connectivity index (χ4v) is 2.52. The summed E-state index contributed by atoms with van der Waals surface area (Å²) in [5.74, 6) is -0.447. The minimum atomic E-state index is -1.16. The van der Waals surface area contributed by atoms with Crippen molar-refractivity contribution in [1.82, 2.24) is 5.32 Å². The molecule has 1 saturated carbocycles. The lowest BCUT2D eigenvalue weighted by Crippen LogP contribution is -2.36. The zero-order valence-electron chi connectivity index (χ0n) is 10.8. The third-order valence-electron chi connectivity index (χ3n) is 3.35. The Labute approximate surface area is 116 Å². The van der Waals surface area contributed by atoms with Gasteiger partial charge < -0.3 is 10.4 Å². The highest BCUT2D eigenvalue weighted by Crippen LogP contribution is 2.46. The average molecular weight is 279 g/mol. The zero-order chi connectivity index (χ0) is 13.9. The third-order valence-corrected chi connectivity index (χ3v) is 3.97. The molecule has 0 aromatic heterocycles. The lowest BCUT2D eigenvalue weighted by Gasteiger charge is -2.11. The van der Waals surface area contributed by atoms with Crippen LogP contribution >= 0.6 is 11.8 Å². The Bertz CT molecular complexity index is 497. The number of hydrogen-bond acceptors (Lipinski definition) is 3. The Morgan fingerprint density at radius 1 is 1.37 bits per heavy atom. The van der Waals surface area contributed by atoms with E-state index in [2.05, 4.69) is 5.32 Å². The van der Waals surface area contributed by atoms with Gasteiger partial charge in [0.25, 0.3) is 0 Å². The summed E-state index contributed by atoms with van der Waals surface area (Å²) in [5, 5.41) is 11.7. The van der Waals surface area contributed by atoms with Crippen LogP contribution in [0.25, 0.3) is 0 Å². The topological polar surface area (TPSA) is 66.4 Å². The first-order valence-corrected chi connectivity index (χ1v) is 7.56. The Morgan fingerprint density at radius 2 is 2.05 bits per heavy atom. The van der Waals surface area contributed by atoms with Gasteiger partial charge in [-0.05, 0) is 30.2 Å². The van der Waals surface area contributed by atoms with E-state index in [9.17, 15) is 9.59 Å². The second-order valence-electron chi connectivity index (χ2n) is 4.82. The van der Waals surface area contributed by atoms with Gasteiger partial charge in [0.15, 0.2) is 0 Å². The second kappa shape index (κ2) is 5.65. The number of aliphatic carboxylic acids is 1. The minimum Gasteiger partial charge on any atom is -0.480 e. The number of nitrogens with one attached hydrogen (secondary N) is 1. The van der Waals surface area contributed by atoms with E-state index in [-0.39, 0.29) is 5.91 Å². The summed E-state index contributed by atoms with van der Waals surface area (Å²) in [7, 11) is 0. The van der Waals surface area contributed by atoms with Crippen LogP contribution in [0.2, 0.25) is 0 Å². The van der Waals surface area contributed by atoms with Gasteiger partial charge in [0, 0.05) is 12.3 Å². The van der Waals surface area contributed by atoms with Crippen molar-refractivity contribution in [2.45, 2.75) is 25.1 Å². The molecule has 1 fully saturated rings. The van der Waals surface area contributed by atoms with E-state index < -0.39 is 11.4 Å². The molecule has 1 aliphatic rings. The molecule has 1 aromatic carbocycles. The Kier molecular flexibility index (Phi) is 4.14. The molecular weight excluding hydrogens is 262 g/mol. The fourth-order valence-electron chi connectivity index (χ4n) is 2.01. The van der Waals surface area contributed by atoms with Crippen LogP contribution in [-0.4, -0.2) is 23.2 Å². The summed E-state index contributed by atoms with van der Waals surface area (Å²) in [6, 6.07) is 7.97. The van der Waals surface area contributed by atoms with Crippen molar-refractivity contribution in [1.29, 1.82) is 0 Å². The molecule has 4 nitrogen and oxygen atoms in total. The molecule has 1 aliphatic carbocycles. The van der Waals surface area contributed by atoms with Crippen molar-refractivity contribution >= 4 is 23.6 Å². The van der Waals surface area contributed by atoms with E-state index in [1.54, 1.807) is 11.8 Å². The monoisotopic (exact) mass is 279 g/mol. The van der Waals surface area contributed by atoms with Crippen molar-refractivity contribution in [3.8, 4) is 0 Å². The first kappa shape index (κ1) is 13.9. The largest absolute Gasteiger partial charge is 0.480 e. The number of carboxylic acid groups (broad SMARTS) is 1. The van der Waals surface area contributed by atoms with Gasteiger partial charge in [0.2, 0.25) is 5.91 Å². The maximum atomic E-state index is 11.9. The van der Waals surface area contributed by atoms with Crippen molar-refractivity contribution in [3.63, 3.8) is 0 Å². The summed E-state index contributed by atoms with van der Waals surface area (Å²) >= 11 is 1.74. The highest BCUT2D eigenvalue weighted by atomic mass is 32.2. The van der Waals surface area contributed by atoms with E-state index in [1.165, 1.54) is 5.56 Å². The van der Waals surface area contributed by atoms with Crippen LogP contribution in [0, 0.1) is 5.41 Å². The summed E-state index contributed by atoms with van der Waals surface area (Å²) in [6.07, 6.45) is 2.93. The Hall–Kier alpha value is -1.49. The molecule has 1 aromatic rings. The van der Waals surface area contributed by atoms with Gasteiger partial charge in [0.1, 0.15) is 5.41 Å². The summed E-state index contributed by atoms with van der Waals surface area (Å²) in [6.45, 7) is 0.385. The molecule has 19 heavy (non-hydrogen) atoms. The Morgan fingerprint density at radius 3 is 2.63 bits per heavy atom. The van der Waals surface area contributed by atoms with Crippen molar-refractivity contribution < 1.29 is 14.7 Å². The van der Waals surface area contributed by atoms with E-state index in [1.807, 2.05) is 30.5 Å². The number of thioether (sulfide) groups is 1. The average Bonchev–Trinajstić information content (AvgIpc) is 3.18. The van der Waals surface area contributed by atoms with Gasteiger partial charge in [-0.2, -0.15) is 11.8 Å². The minimum absolute atomic E-state index is 0.365. The second-order valence-corrected chi connectivity index (χ2v) is 5.69. The smallest absolute Gasteiger partial charge is 0.319 e. The number of hydrogen-bond donors (Lipinski definition) is 2.